The van der Waals surface area contributed by atoms with Crippen molar-refractivity contribution in [3.63, 3.8) is 0 Å². The highest BCUT2D eigenvalue weighted by molar-refractivity contribution is 6.01. The lowest BCUT2D eigenvalue weighted by Crippen LogP contribution is -2.56. The Morgan fingerprint density at radius 2 is 2.33 bits per heavy atom. The molecule has 0 aromatic rings. The summed E-state index contributed by atoms with van der Waals surface area (Å²) in [6.07, 6.45) is -0.510. The number of aliphatic hydroxyl groups is 1. The van der Waals surface area contributed by atoms with Crippen LogP contribution in [0, 0.1) is 0 Å². The van der Waals surface area contributed by atoms with E-state index in [0.29, 0.717) is 13.0 Å². The van der Waals surface area contributed by atoms with E-state index < -0.39 is 18.1 Å². The summed E-state index contributed by atoms with van der Waals surface area (Å²) in [5.74, 6) is -0.697. The number of hydrogen-bond donors (Lipinski definition) is 2. The van der Waals surface area contributed by atoms with Crippen molar-refractivity contribution in [1.82, 2.24) is 4.90 Å². The van der Waals surface area contributed by atoms with Gasteiger partial charge in [0.25, 0.3) is 0 Å². The van der Waals surface area contributed by atoms with Crippen LogP contribution in [0.25, 0.3) is 0 Å². The molecule has 0 spiro atoms. The quantitative estimate of drug-likeness (QED) is 0.494. The first-order valence-corrected chi connectivity index (χ1v) is 3.82. The number of nitrogens with zero attached hydrogens (tertiary/aromatic N) is 1. The minimum absolute atomic E-state index is 0.212. The zero-order valence-corrected chi connectivity index (χ0v) is 6.86. The van der Waals surface area contributed by atoms with Crippen molar-refractivity contribution in [1.29, 1.82) is 0 Å². The summed E-state index contributed by atoms with van der Waals surface area (Å²) in [5.41, 5.74) is 5.34. The maximum atomic E-state index is 11.2. The van der Waals surface area contributed by atoms with Gasteiger partial charge in [0.2, 0.25) is 11.8 Å². The number of amides is 2. The highest BCUT2D eigenvalue weighted by Gasteiger charge is 2.34. The monoisotopic (exact) mass is 172 g/mol. The van der Waals surface area contributed by atoms with Gasteiger partial charge in [-0.3, -0.25) is 14.5 Å². The fourth-order valence-electron chi connectivity index (χ4n) is 0.934. The Kier molecular flexibility index (Phi) is 2.44. The smallest absolute Gasteiger partial charge is 0.248 e. The van der Waals surface area contributed by atoms with E-state index in [2.05, 4.69) is 0 Å². The molecule has 12 heavy (non-hydrogen) atoms. The third-order valence-electron chi connectivity index (χ3n) is 1.92. The van der Waals surface area contributed by atoms with Gasteiger partial charge in [-0.25, -0.2) is 0 Å². The average Bonchev–Trinajstić information content (AvgIpc) is 2.00. The van der Waals surface area contributed by atoms with Gasteiger partial charge in [0, 0.05) is 13.0 Å². The molecule has 1 aliphatic heterocycles. The first-order chi connectivity index (χ1) is 5.54. The van der Waals surface area contributed by atoms with E-state index in [1.54, 1.807) is 0 Å². The molecule has 2 amide bonds. The van der Waals surface area contributed by atoms with Gasteiger partial charge in [0.1, 0.15) is 6.04 Å². The SMILES string of the molecule is CC(O)C(N)C(=O)N1CCC1=O. The van der Waals surface area contributed by atoms with Crippen LogP contribution in [0.2, 0.25) is 0 Å². The molecule has 0 radical (unpaired) electrons. The van der Waals surface area contributed by atoms with Crippen LogP contribution >= 0.6 is 0 Å². The molecule has 1 saturated heterocycles. The maximum Gasteiger partial charge on any atom is 0.248 e. The molecule has 68 valence electrons. The molecule has 2 atom stereocenters. The predicted molar refractivity (Wildman–Crippen MR) is 41.0 cm³/mol. The molecule has 1 rings (SSSR count). The van der Waals surface area contributed by atoms with Gasteiger partial charge in [-0.1, -0.05) is 0 Å². The third kappa shape index (κ3) is 1.46. The maximum absolute atomic E-state index is 11.2. The zero-order chi connectivity index (χ0) is 9.30. The molecule has 0 saturated carbocycles. The summed E-state index contributed by atoms with van der Waals surface area (Å²) < 4.78 is 0. The van der Waals surface area contributed by atoms with Crippen LogP contribution in [0.15, 0.2) is 0 Å². The Hall–Kier alpha value is -0.940. The Bertz CT molecular complexity index is 215. The number of carbonyl (C=O) groups excluding carboxylic acids is 2. The van der Waals surface area contributed by atoms with Gasteiger partial charge >= 0.3 is 0 Å². The van der Waals surface area contributed by atoms with Crippen molar-refractivity contribution in [3.05, 3.63) is 0 Å². The van der Waals surface area contributed by atoms with Crippen LogP contribution in [-0.4, -0.2) is 40.5 Å². The lowest BCUT2D eigenvalue weighted by molar-refractivity contribution is -0.154. The van der Waals surface area contributed by atoms with Crippen LogP contribution in [0.4, 0.5) is 0 Å². The molecule has 0 aliphatic carbocycles. The molecule has 1 heterocycles. The fourth-order valence-corrected chi connectivity index (χ4v) is 0.934. The lowest BCUT2D eigenvalue weighted by atomic mass is 10.1. The topological polar surface area (TPSA) is 83.6 Å². The normalized spacial score (nSPS) is 21.6. The number of imide groups is 1. The minimum atomic E-state index is -0.978. The molecule has 2 unspecified atom stereocenters. The molecule has 5 heteroatoms. The molecular weight excluding hydrogens is 160 g/mol. The number of rotatable bonds is 2. The van der Waals surface area contributed by atoms with Gasteiger partial charge in [-0.15, -0.1) is 0 Å². The van der Waals surface area contributed by atoms with Gasteiger partial charge in [0.15, 0.2) is 0 Å². The van der Waals surface area contributed by atoms with E-state index in [1.165, 1.54) is 6.92 Å². The molecule has 1 fully saturated rings. The summed E-state index contributed by atoms with van der Waals surface area (Å²) in [6.45, 7) is 1.85. The number of carbonyl (C=O) groups is 2. The Morgan fingerprint density at radius 3 is 2.58 bits per heavy atom. The van der Waals surface area contributed by atoms with Crippen LogP contribution in [0.3, 0.4) is 0 Å². The van der Waals surface area contributed by atoms with Crippen LogP contribution in [-0.2, 0) is 9.59 Å². The van der Waals surface area contributed by atoms with Crippen LogP contribution in [0.1, 0.15) is 13.3 Å². The highest BCUT2D eigenvalue weighted by atomic mass is 16.3. The number of aliphatic hydroxyl groups excluding tert-OH is 1. The van der Waals surface area contributed by atoms with Crippen molar-refractivity contribution in [2.45, 2.75) is 25.5 Å². The summed E-state index contributed by atoms with van der Waals surface area (Å²) in [5, 5.41) is 8.96. The Balaban J connectivity index is 2.52. The molecule has 3 N–H and O–H groups in total. The first-order valence-electron chi connectivity index (χ1n) is 3.82. The van der Waals surface area contributed by atoms with Gasteiger partial charge < -0.3 is 10.8 Å². The van der Waals surface area contributed by atoms with Crippen molar-refractivity contribution >= 4 is 11.8 Å². The van der Waals surface area contributed by atoms with Gasteiger partial charge in [-0.05, 0) is 6.92 Å². The van der Waals surface area contributed by atoms with E-state index in [9.17, 15) is 9.59 Å². The van der Waals surface area contributed by atoms with Crippen molar-refractivity contribution in [3.8, 4) is 0 Å². The third-order valence-corrected chi connectivity index (χ3v) is 1.92. The minimum Gasteiger partial charge on any atom is -0.391 e. The van der Waals surface area contributed by atoms with E-state index in [-0.39, 0.29) is 5.91 Å². The second kappa shape index (κ2) is 3.20. The first kappa shape index (κ1) is 9.15. The molecule has 0 aromatic carbocycles. The highest BCUT2D eigenvalue weighted by Crippen LogP contribution is 2.10. The van der Waals surface area contributed by atoms with Crippen LogP contribution < -0.4 is 5.73 Å². The second-order valence-corrected chi connectivity index (χ2v) is 2.90. The number of β-lactam (4-membered cyclic amide) rings is 1. The molecule has 1 aliphatic rings. The molecule has 0 bridgehead atoms. The summed E-state index contributed by atoms with van der Waals surface area (Å²) >= 11 is 0. The van der Waals surface area contributed by atoms with Gasteiger partial charge in [-0.2, -0.15) is 0 Å². The summed E-state index contributed by atoms with van der Waals surface area (Å²) in [4.78, 5) is 23.0. The molecule has 0 aromatic heterocycles. The largest absolute Gasteiger partial charge is 0.391 e. The zero-order valence-electron chi connectivity index (χ0n) is 6.86. The number of hydrogen-bond acceptors (Lipinski definition) is 4. The number of nitrogens with two attached hydrogens (primary N) is 1. The van der Waals surface area contributed by atoms with E-state index in [0.717, 1.165) is 4.90 Å². The number of likely N-dealkylation sites (tertiary alicyclic amines) is 1. The van der Waals surface area contributed by atoms with Crippen molar-refractivity contribution < 1.29 is 14.7 Å². The molecular formula is C7H12N2O3. The predicted octanol–water partition coefficient (Wildman–Crippen LogP) is -1.55. The van der Waals surface area contributed by atoms with Crippen molar-refractivity contribution in [2.24, 2.45) is 5.73 Å². The van der Waals surface area contributed by atoms with Gasteiger partial charge in [0.05, 0.1) is 6.10 Å². The van der Waals surface area contributed by atoms with Crippen LogP contribution in [0.5, 0.6) is 0 Å². The van der Waals surface area contributed by atoms with E-state index in [1.807, 2.05) is 0 Å². The fraction of sp³-hybridized carbons (Fsp3) is 0.714. The average molecular weight is 172 g/mol. The second-order valence-electron chi connectivity index (χ2n) is 2.90. The molecule has 5 nitrogen and oxygen atoms in total. The Morgan fingerprint density at radius 1 is 1.75 bits per heavy atom. The van der Waals surface area contributed by atoms with Crippen molar-refractivity contribution in [2.75, 3.05) is 6.54 Å². The van der Waals surface area contributed by atoms with E-state index >= 15 is 0 Å². The lowest BCUT2D eigenvalue weighted by Gasteiger charge is -2.31. The van der Waals surface area contributed by atoms with E-state index in [4.69, 9.17) is 10.8 Å². The summed E-state index contributed by atoms with van der Waals surface area (Å²) in [6, 6.07) is -0.978. The summed E-state index contributed by atoms with van der Waals surface area (Å²) in [7, 11) is 0. The Labute approximate surface area is 70.1 Å². The standard InChI is InChI=1S/C7H12N2O3/c1-4(10)6(8)7(12)9-3-2-5(9)11/h4,6,10H,2-3,8H2,1H3.